The molecule has 1 N–H and O–H groups in total. The number of hydrogen-bond donors (Lipinski definition) is 1. The Kier molecular flexibility index (Phi) is 4.87. The van der Waals surface area contributed by atoms with Crippen LogP contribution in [-0.2, 0) is 9.84 Å². The summed E-state index contributed by atoms with van der Waals surface area (Å²) in [5, 5.41) is 3.47. The van der Waals surface area contributed by atoms with Gasteiger partial charge in [0.2, 0.25) is 0 Å². The van der Waals surface area contributed by atoms with Gasteiger partial charge in [-0.1, -0.05) is 20.3 Å². The smallest absolute Gasteiger partial charge is 0.153 e. The summed E-state index contributed by atoms with van der Waals surface area (Å²) in [6.07, 6.45) is 7.40. The summed E-state index contributed by atoms with van der Waals surface area (Å²) in [5.41, 5.74) is 0.447. The van der Waals surface area contributed by atoms with Crippen molar-refractivity contribution in [3.05, 3.63) is 0 Å². The number of rotatable bonds is 4. The molecule has 0 aromatic rings. The molecule has 1 fully saturated rings. The first kappa shape index (κ1) is 16.0. The SMILES string of the molecule is CC1(C)CCCC(NCC(C)(C)S(C)(=O)=O)CC1. The summed E-state index contributed by atoms with van der Waals surface area (Å²) in [6, 6.07) is 0.479. The minimum absolute atomic E-state index is 0.447. The van der Waals surface area contributed by atoms with Gasteiger partial charge in [0.1, 0.15) is 0 Å². The van der Waals surface area contributed by atoms with Crippen LogP contribution in [0.2, 0.25) is 0 Å². The first-order valence-electron chi connectivity index (χ1n) is 6.97. The van der Waals surface area contributed by atoms with Crippen molar-refractivity contribution in [3.63, 3.8) is 0 Å². The molecule has 1 atom stereocenters. The third-order valence-electron chi connectivity index (χ3n) is 4.40. The van der Waals surface area contributed by atoms with E-state index in [0.717, 1.165) is 6.42 Å². The fourth-order valence-electron chi connectivity index (χ4n) is 2.39. The topological polar surface area (TPSA) is 46.2 Å². The molecule has 18 heavy (non-hydrogen) atoms. The average molecular weight is 275 g/mol. The van der Waals surface area contributed by atoms with Crippen molar-refractivity contribution in [2.24, 2.45) is 5.41 Å². The Labute approximate surface area is 113 Å². The van der Waals surface area contributed by atoms with Crippen LogP contribution in [0.15, 0.2) is 0 Å². The van der Waals surface area contributed by atoms with Gasteiger partial charge < -0.3 is 5.32 Å². The normalized spacial score (nSPS) is 25.7. The molecule has 0 aliphatic heterocycles. The van der Waals surface area contributed by atoms with Crippen molar-refractivity contribution in [1.29, 1.82) is 0 Å². The van der Waals surface area contributed by atoms with E-state index < -0.39 is 14.6 Å². The van der Waals surface area contributed by atoms with Gasteiger partial charge in [0, 0.05) is 18.8 Å². The molecule has 0 bridgehead atoms. The van der Waals surface area contributed by atoms with Crippen molar-refractivity contribution < 1.29 is 8.42 Å². The van der Waals surface area contributed by atoms with Crippen LogP contribution in [0.1, 0.15) is 59.8 Å². The zero-order chi connectivity index (χ0) is 14.0. The Morgan fingerprint density at radius 2 is 1.83 bits per heavy atom. The lowest BCUT2D eigenvalue weighted by Gasteiger charge is -2.27. The van der Waals surface area contributed by atoms with E-state index in [1.165, 1.54) is 31.9 Å². The fraction of sp³-hybridized carbons (Fsp3) is 1.00. The van der Waals surface area contributed by atoms with E-state index in [0.29, 0.717) is 18.0 Å². The molecule has 108 valence electrons. The minimum Gasteiger partial charge on any atom is -0.312 e. The van der Waals surface area contributed by atoms with Gasteiger partial charge in [-0.2, -0.15) is 0 Å². The Morgan fingerprint density at radius 3 is 2.39 bits per heavy atom. The van der Waals surface area contributed by atoms with E-state index in [2.05, 4.69) is 19.2 Å². The highest BCUT2D eigenvalue weighted by Crippen LogP contribution is 2.33. The van der Waals surface area contributed by atoms with Crippen LogP contribution in [0, 0.1) is 5.41 Å². The minimum atomic E-state index is -3.00. The first-order valence-corrected chi connectivity index (χ1v) is 8.86. The molecule has 3 nitrogen and oxygen atoms in total. The summed E-state index contributed by atoms with van der Waals surface area (Å²) in [6.45, 7) is 8.81. The summed E-state index contributed by atoms with van der Waals surface area (Å²) in [4.78, 5) is 0. The summed E-state index contributed by atoms with van der Waals surface area (Å²) in [5.74, 6) is 0. The second kappa shape index (κ2) is 5.49. The lowest BCUT2D eigenvalue weighted by Crippen LogP contribution is -2.45. The van der Waals surface area contributed by atoms with Crippen molar-refractivity contribution in [1.82, 2.24) is 5.32 Å². The largest absolute Gasteiger partial charge is 0.312 e. The van der Waals surface area contributed by atoms with Crippen LogP contribution in [0.5, 0.6) is 0 Å². The van der Waals surface area contributed by atoms with E-state index in [-0.39, 0.29) is 0 Å². The monoisotopic (exact) mass is 275 g/mol. The average Bonchev–Trinajstić information content (AvgIpc) is 2.35. The Balaban J connectivity index is 2.50. The lowest BCUT2D eigenvalue weighted by atomic mass is 9.85. The van der Waals surface area contributed by atoms with Crippen LogP contribution in [0.4, 0.5) is 0 Å². The molecule has 0 heterocycles. The van der Waals surface area contributed by atoms with Crippen LogP contribution in [0.3, 0.4) is 0 Å². The van der Waals surface area contributed by atoms with Gasteiger partial charge in [-0.25, -0.2) is 8.42 Å². The third-order valence-corrected chi connectivity index (χ3v) is 6.55. The van der Waals surface area contributed by atoms with Crippen LogP contribution in [0.25, 0.3) is 0 Å². The molecule has 0 radical (unpaired) electrons. The van der Waals surface area contributed by atoms with Crippen molar-refractivity contribution >= 4 is 9.84 Å². The molecule has 0 aromatic carbocycles. The number of nitrogens with one attached hydrogen (secondary N) is 1. The second-order valence-electron chi connectivity index (χ2n) is 7.20. The quantitative estimate of drug-likeness (QED) is 0.803. The first-order chi connectivity index (χ1) is 8.04. The molecular formula is C14H29NO2S. The predicted molar refractivity (Wildman–Crippen MR) is 77.6 cm³/mol. The van der Waals surface area contributed by atoms with Gasteiger partial charge >= 0.3 is 0 Å². The van der Waals surface area contributed by atoms with Crippen LogP contribution >= 0.6 is 0 Å². The molecule has 0 aromatic heterocycles. The van der Waals surface area contributed by atoms with Gasteiger partial charge in [-0.15, -0.1) is 0 Å². The van der Waals surface area contributed by atoms with Crippen molar-refractivity contribution in [3.8, 4) is 0 Å². The molecule has 1 aliphatic rings. The van der Waals surface area contributed by atoms with E-state index in [9.17, 15) is 8.42 Å². The molecule has 1 rings (SSSR count). The van der Waals surface area contributed by atoms with E-state index in [1.54, 1.807) is 13.8 Å². The second-order valence-corrected chi connectivity index (χ2v) is 9.85. The summed E-state index contributed by atoms with van der Waals surface area (Å²) in [7, 11) is -3.00. The molecule has 0 spiro atoms. The Hall–Kier alpha value is -0.0900. The molecule has 0 amide bonds. The molecular weight excluding hydrogens is 246 g/mol. The summed E-state index contributed by atoms with van der Waals surface area (Å²) < 4.78 is 22.6. The van der Waals surface area contributed by atoms with Crippen molar-refractivity contribution in [2.75, 3.05) is 12.8 Å². The highest BCUT2D eigenvalue weighted by atomic mass is 32.2. The highest BCUT2D eigenvalue weighted by molar-refractivity contribution is 7.92. The fourth-order valence-corrected chi connectivity index (χ4v) is 2.73. The van der Waals surface area contributed by atoms with Crippen LogP contribution < -0.4 is 5.32 Å². The third kappa shape index (κ3) is 4.54. The number of hydrogen-bond acceptors (Lipinski definition) is 3. The molecule has 1 saturated carbocycles. The Morgan fingerprint density at radius 1 is 1.22 bits per heavy atom. The van der Waals surface area contributed by atoms with Gasteiger partial charge in [0.05, 0.1) is 4.75 Å². The zero-order valence-electron chi connectivity index (χ0n) is 12.5. The maximum Gasteiger partial charge on any atom is 0.153 e. The van der Waals surface area contributed by atoms with E-state index in [1.807, 2.05) is 0 Å². The molecule has 1 aliphatic carbocycles. The zero-order valence-corrected chi connectivity index (χ0v) is 13.4. The van der Waals surface area contributed by atoms with Crippen LogP contribution in [-0.4, -0.2) is 32.0 Å². The summed E-state index contributed by atoms with van der Waals surface area (Å²) >= 11 is 0. The van der Waals surface area contributed by atoms with Gasteiger partial charge in [-0.05, 0) is 44.9 Å². The standard InChI is InChI=1S/C14H29NO2S/c1-13(2)9-6-7-12(8-10-13)15-11-14(3,4)18(5,16)17/h12,15H,6-11H2,1-5H3. The van der Waals surface area contributed by atoms with Crippen molar-refractivity contribution in [2.45, 2.75) is 70.6 Å². The van der Waals surface area contributed by atoms with Gasteiger partial charge in [-0.3, -0.25) is 0 Å². The molecule has 4 heteroatoms. The van der Waals surface area contributed by atoms with E-state index >= 15 is 0 Å². The van der Waals surface area contributed by atoms with E-state index in [4.69, 9.17) is 0 Å². The number of sulfone groups is 1. The van der Waals surface area contributed by atoms with Gasteiger partial charge in [0.15, 0.2) is 9.84 Å². The highest BCUT2D eigenvalue weighted by Gasteiger charge is 2.31. The molecule has 1 unspecified atom stereocenters. The maximum absolute atomic E-state index is 11.7. The lowest BCUT2D eigenvalue weighted by molar-refractivity contribution is 0.309. The van der Waals surface area contributed by atoms with Gasteiger partial charge in [0.25, 0.3) is 0 Å². The maximum atomic E-state index is 11.7. The predicted octanol–water partition coefficient (Wildman–Crippen LogP) is 2.76. The molecule has 0 saturated heterocycles. The Bertz CT molecular complexity index is 371.